The molecule has 0 bridgehead atoms. The van der Waals surface area contributed by atoms with Crippen molar-refractivity contribution in [3.63, 3.8) is 0 Å². The number of nitrogens with zero attached hydrogens (tertiary/aromatic N) is 2. The molecular weight excluding hydrogens is 430 g/mol. The van der Waals surface area contributed by atoms with Crippen molar-refractivity contribution in [3.05, 3.63) is 113 Å². The second-order valence-electron chi connectivity index (χ2n) is 8.15. The van der Waals surface area contributed by atoms with Crippen molar-refractivity contribution in [2.24, 2.45) is 0 Å². The van der Waals surface area contributed by atoms with Crippen LogP contribution in [0.2, 0.25) is 5.02 Å². The lowest BCUT2D eigenvalue weighted by Crippen LogP contribution is -2.25. The Kier molecular flexibility index (Phi) is 6.09. The zero-order valence-corrected chi connectivity index (χ0v) is 18.9. The summed E-state index contributed by atoms with van der Waals surface area (Å²) in [4.78, 5) is 17.3. The largest absolute Gasteiger partial charge is 0.352 e. The lowest BCUT2D eigenvalue weighted by molar-refractivity contribution is 0.0953. The molecule has 1 heterocycles. The molecule has 0 fully saturated rings. The van der Waals surface area contributed by atoms with E-state index in [9.17, 15) is 4.79 Å². The summed E-state index contributed by atoms with van der Waals surface area (Å²) >= 11 is 5.99. The molecule has 33 heavy (non-hydrogen) atoms. The average molecular weight is 454 g/mol. The number of imidazole rings is 1. The van der Waals surface area contributed by atoms with Crippen molar-refractivity contribution in [2.75, 3.05) is 6.54 Å². The molecule has 0 saturated carbocycles. The maximum Gasteiger partial charge on any atom is 0.251 e. The van der Waals surface area contributed by atoms with E-state index in [2.05, 4.69) is 70.5 Å². The smallest absolute Gasteiger partial charge is 0.251 e. The zero-order chi connectivity index (χ0) is 22.6. The van der Waals surface area contributed by atoms with Crippen LogP contribution >= 0.6 is 11.6 Å². The Hall–Kier alpha value is -3.63. The maximum atomic E-state index is 12.4. The van der Waals surface area contributed by atoms with Gasteiger partial charge in [0.05, 0.1) is 11.0 Å². The summed E-state index contributed by atoms with van der Waals surface area (Å²) in [5, 5.41) is 6.03. The number of benzene rings is 4. The van der Waals surface area contributed by atoms with Crippen LogP contribution in [0.25, 0.3) is 21.8 Å². The number of rotatable bonds is 7. The second-order valence-corrected chi connectivity index (χ2v) is 8.59. The van der Waals surface area contributed by atoms with Crippen LogP contribution in [0.5, 0.6) is 0 Å². The van der Waals surface area contributed by atoms with Crippen molar-refractivity contribution in [1.29, 1.82) is 0 Å². The minimum atomic E-state index is -0.109. The number of para-hydroxylation sites is 2. The Morgan fingerprint density at radius 1 is 0.879 bits per heavy atom. The molecule has 0 aliphatic carbocycles. The van der Waals surface area contributed by atoms with Gasteiger partial charge in [-0.3, -0.25) is 4.79 Å². The molecule has 5 rings (SSSR count). The van der Waals surface area contributed by atoms with Crippen LogP contribution in [-0.4, -0.2) is 22.0 Å². The first-order chi connectivity index (χ1) is 16.2. The molecule has 0 saturated heterocycles. The Morgan fingerprint density at radius 2 is 1.70 bits per heavy atom. The highest BCUT2D eigenvalue weighted by Crippen LogP contribution is 2.21. The number of halogens is 1. The van der Waals surface area contributed by atoms with Gasteiger partial charge in [-0.05, 0) is 59.2 Å². The Morgan fingerprint density at radius 3 is 2.58 bits per heavy atom. The normalized spacial score (nSPS) is 11.2. The molecule has 4 aromatic carbocycles. The van der Waals surface area contributed by atoms with Gasteiger partial charge in [0.25, 0.3) is 5.91 Å². The average Bonchev–Trinajstić information content (AvgIpc) is 3.19. The molecular formula is C28H24ClN3O. The van der Waals surface area contributed by atoms with Crippen LogP contribution in [0.3, 0.4) is 0 Å². The number of fused-ring (bicyclic) bond motifs is 2. The number of hydrogen-bond acceptors (Lipinski definition) is 2. The SMILES string of the molecule is O=C(NCCCc1nc2ccccc2n1Cc1ccc2ccccc2c1)c1cccc(Cl)c1. The van der Waals surface area contributed by atoms with E-state index in [0.29, 0.717) is 17.1 Å². The van der Waals surface area contributed by atoms with Gasteiger partial charge in [-0.2, -0.15) is 0 Å². The van der Waals surface area contributed by atoms with E-state index >= 15 is 0 Å². The fraction of sp³-hybridized carbons (Fsp3) is 0.143. The van der Waals surface area contributed by atoms with Gasteiger partial charge in [-0.25, -0.2) is 4.98 Å². The zero-order valence-electron chi connectivity index (χ0n) is 18.2. The van der Waals surface area contributed by atoms with Gasteiger partial charge in [0, 0.05) is 30.1 Å². The summed E-state index contributed by atoms with van der Waals surface area (Å²) in [6.45, 7) is 1.33. The number of hydrogen-bond donors (Lipinski definition) is 1. The van der Waals surface area contributed by atoms with Crippen LogP contribution in [-0.2, 0) is 13.0 Å². The first-order valence-electron chi connectivity index (χ1n) is 11.1. The van der Waals surface area contributed by atoms with E-state index in [1.807, 2.05) is 6.07 Å². The minimum absolute atomic E-state index is 0.109. The molecule has 0 spiro atoms. The van der Waals surface area contributed by atoms with Crippen LogP contribution in [0.1, 0.15) is 28.2 Å². The van der Waals surface area contributed by atoms with Crippen molar-refractivity contribution in [2.45, 2.75) is 19.4 Å². The van der Waals surface area contributed by atoms with Gasteiger partial charge in [0.1, 0.15) is 5.82 Å². The van der Waals surface area contributed by atoms with Crippen LogP contribution in [0.15, 0.2) is 91.0 Å². The molecule has 5 aromatic rings. The number of aromatic nitrogens is 2. The van der Waals surface area contributed by atoms with E-state index in [0.717, 1.165) is 36.2 Å². The summed E-state index contributed by atoms with van der Waals surface area (Å²) < 4.78 is 2.29. The highest BCUT2D eigenvalue weighted by Gasteiger charge is 2.12. The monoisotopic (exact) mass is 453 g/mol. The van der Waals surface area contributed by atoms with Crippen molar-refractivity contribution >= 4 is 39.3 Å². The molecule has 1 amide bonds. The maximum absolute atomic E-state index is 12.4. The molecule has 0 atom stereocenters. The van der Waals surface area contributed by atoms with Crippen molar-refractivity contribution in [1.82, 2.24) is 14.9 Å². The van der Waals surface area contributed by atoms with E-state index in [-0.39, 0.29) is 5.91 Å². The molecule has 4 nitrogen and oxygen atoms in total. The Labute approximate surface area is 197 Å². The molecule has 0 aliphatic rings. The van der Waals surface area contributed by atoms with Crippen molar-refractivity contribution < 1.29 is 4.79 Å². The lowest BCUT2D eigenvalue weighted by atomic mass is 10.1. The number of carbonyl (C=O) groups excluding carboxylic acids is 1. The summed E-state index contributed by atoms with van der Waals surface area (Å²) in [7, 11) is 0. The van der Waals surface area contributed by atoms with Gasteiger partial charge in [-0.15, -0.1) is 0 Å². The Balaban J connectivity index is 1.31. The van der Waals surface area contributed by atoms with E-state index < -0.39 is 0 Å². The highest BCUT2D eigenvalue weighted by atomic mass is 35.5. The quantitative estimate of drug-likeness (QED) is 0.296. The molecule has 5 heteroatoms. The first kappa shape index (κ1) is 21.2. The molecule has 0 radical (unpaired) electrons. The fourth-order valence-corrected chi connectivity index (χ4v) is 4.38. The minimum Gasteiger partial charge on any atom is -0.352 e. The predicted octanol–water partition coefficient (Wildman–Crippen LogP) is 6.25. The van der Waals surface area contributed by atoms with E-state index in [4.69, 9.17) is 16.6 Å². The van der Waals surface area contributed by atoms with Gasteiger partial charge >= 0.3 is 0 Å². The summed E-state index contributed by atoms with van der Waals surface area (Å²) in [6.07, 6.45) is 1.57. The number of aryl methyl sites for hydroxylation is 1. The lowest BCUT2D eigenvalue weighted by Gasteiger charge is -2.11. The first-order valence-corrected chi connectivity index (χ1v) is 11.5. The summed E-state index contributed by atoms with van der Waals surface area (Å²) in [5.41, 5.74) is 3.94. The third kappa shape index (κ3) is 4.76. The molecule has 0 aliphatic heterocycles. The van der Waals surface area contributed by atoms with Gasteiger partial charge < -0.3 is 9.88 Å². The Bertz CT molecular complexity index is 1440. The van der Waals surface area contributed by atoms with Gasteiger partial charge in [0.2, 0.25) is 0 Å². The van der Waals surface area contributed by atoms with Crippen molar-refractivity contribution in [3.8, 4) is 0 Å². The number of amides is 1. The van der Waals surface area contributed by atoms with E-state index in [1.54, 1.807) is 24.3 Å². The van der Waals surface area contributed by atoms with Crippen LogP contribution in [0, 0.1) is 0 Å². The van der Waals surface area contributed by atoms with Gasteiger partial charge in [0.15, 0.2) is 0 Å². The third-order valence-electron chi connectivity index (χ3n) is 5.84. The second kappa shape index (κ2) is 9.47. The molecule has 0 unspecified atom stereocenters. The molecule has 1 N–H and O–H groups in total. The van der Waals surface area contributed by atoms with Gasteiger partial charge in [-0.1, -0.05) is 66.2 Å². The van der Waals surface area contributed by atoms with E-state index in [1.165, 1.54) is 16.3 Å². The predicted molar refractivity (Wildman–Crippen MR) is 135 cm³/mol. The third-order valence-corrected chi connectivity index (χ3v) is 6.07. The number of nitrogens with one attached hydrogen (secondary N) is 1. The standard InChI is InChI=1S/C28H24ClN3O/c29-24-10-5-9-23(18-24)28(33)30-16-6-13-27-31-25-11-3-4-12-26(25)32(27)19-20-14-15-21-7-1-2-8-22(21)17-20/h1-5,7-12,14-15,17-18H,6,13,16,19H2,(H,30,33). The molecule has 1 aromatic heterocycles. The van der Waals surface area contributed by atoms with Crippen LogP contribution in [0.4, 0.5) is 0 Å². The summed E-state index contributed by atoms with van der Waals surface area (Å²) in [6, 6.07) is 30.3. The highest BCUT2D eigenvalue weighted by molar-refractivity contribution is 6.30. The number of carbonyl (C=O) groups is 1. The van der Waals surface area contributed by atoms with Crippen LogP contribution < -0.4 is 5.32 Å². The summed E-state index contributed by atoms with van der Waals surface area (Å²) in [5.74, 6) is 0.920. The molecule has 164 valence electrons. The fourth-order valence-electron chi connectivity index (χ4n) is 4.19. The topological polar surface area (TPSA) is 46.9 Å².